The minimum atomic E-state index is -0.660. The van der Waals surface area contributed by atoms with Gasteiger partial charge in [-0.05, 0) is 55.9 Å². The molecule has 1 saturated heterocycles. The molecule has 0 atom stereocenters. The third-order valence-corrected chi connectivity index (χ3v) is 5.31. The average Bonchev–Trinajstić information content (AvgIpc) is 2.65. The molecule has 1 heterocycles. The van der Waals surface area contributed by atoms with Crippen molar-refractivity contribution >= 4 is 5.97 Å². The number of piperidine rings is 1. The van der Waals surface area contributed by atoms with Gasteiger partial charge in [0.05, 0.1) is 0 Å². The van der Waals surface area contributed by atoms with Crippen LogP contribution in [0.3, 0.4) is 0 Å². The van der Waals surface area contributed by atoms with E-state index in [-0.39, 0.29) is 0 Å². The van der Waals surface area contributed by atoms with Crippen LogP contribution in [0.4, 0.5) is 0 Å². The molecule has 0 unspecified atom stereocenters. The van der Waals surface area contributed by atoms with Crippen LogP contribution in [0.1, 0.15) is 42.7 Å². The molecular weight excluding hydrogens is 310 g/mol. The Morgan fingerprint density at radius 3 is 1.96 bits per heavy atom. The van der Waals surface area contributed by atoms with Crippen molar-refractivity contribution in [1.29, 1.82) is 0 Å². The summed E-state index contributed by atoms with van der Waals surface area (Å²) in [4.78, 5) is 13.4. The van der Waals surface area contributed by atoms with Crippen molar-refractivity contribution in [3.8, 4) is 0 Å². The molecule has 1 aliphatic heterocycles. The van der Waals surface area contributed by atoms with Crippen LogP contribution in [-0.4, -0.2) is 35.6 Å². The summed E-state index contributed by atoms with van der Waals surface area (Å²) in [5.74, 6) is 0.110. The number of likely N-dealkylation sites (tertiary alicyclic amines) is 1. The van der Waals surface area contributed by atoms with Gasteiger partial charge in [0.2, 0.25) is 0 Å². The Morgan fingerprint density at radius 2 is 1.48 bits per heavy atom. The first-order valence-electron chi connectivity index (χ1n) is 9.26. The number of carboxylic acids is 1. The normalized spacial score (nSPS) is 16.2. The molecule has 0 bridgehead atoms. The lowest BCUT2D eigenvalue weighted by Gasteiger charge is -2.32. The zero-order chi connectivity index (χ0) is 17.5. The van der Waals surface area contributed by atoms with Crippen molar-refractivity contribution in [3.05, 3.63) is 71.8 Å². The van der Waals surface area contributed by atoms with Gasteiger partial charge in [-0.25, -0.2) is 0 Å². The van der Waals surface area contributed by atoms with Gasteiger partial charge in [-0.15, -0.1) is 0 Å². The molecular formula is C22H27NO2. The van der Waals surface area contributed by atoms with Gasteiger partial charge < -0.3 is 10.0 Å². The molecule has 1 N–H and O–H groups in total. The lowest BCUT2D eigenvalue weighted by Crippen LogP contribution is -2.35. The Balaban J connectivity index is 1.60. The van der Waals surface area contributed by atoms with Crippen LogP contribution in [0, 0.1) is 5.92 Å². The number of carboxylic acid groups (broad SMARTS) is 1. The zero-order valence-corrected chi connectivity index (χ0v) is 14.7. The molecule has 2 aromatic rings. The van der Waals surface area contributed by atoms with Crippen molar-refractivity contribution in [3.63, 3.8) is 0 Å². The van der Waals surface area contributed by atoms with E-state index >= 15 is 0 Å². The maximum Gasteiger partial charge on any atom is 0.303 e. The maximum atomic E-state index is 10.9. The first-order valence-corrected chi connectivity index (χ1v) is 9.26. The standard InChI is InChI=1S/C22H27NO2/c24-22(25)17-18-11-14-23(15-12-18)16-13-21(19-7-3-1-4-8-19)20-9-5-2-6-10-20/h1-10,18,21H,11-17H2,(H,24,25). The quantitative estimate of drug-likeness (QED) is 0.814. The maximum absolute atomic E-state index is 10.9. The highest BCUT2D eigenvalue weighted by Crippen LogP contribution is 2.29. The van der Waals surface area contributed by atoms with E-state index in [1.54, 1.807) is 0 Å². The molecule has 132 valence electrons. The highest BCUT2D eigenvalue weighted by Gasteiger charge is 2.22. The van der Waals surface area contributed by atoms with E-state index in [1.165, 1.54) is 11.1 Å². The van der Waals surface area contributed by atoms with Gasteiger partial charge in [-0.2, -0.15) is 0 Å². The summed E-state index contributed by atoms with van der Waals surface area (Å²) in [6.07, 6.45) is 3.43. The first-order chi connectivity index (χ1) is 12.2. The summed E-state index contributed by atoms with van der Waals surface area (Å²) in [7, 11) is 0. The van der Waals surface area contributed by atoms with Crippen LogP contribution in [0.2, 0.25) is 0 Å². The Bertz CT molecular complexity index is 609. The summed E-state index contributed by atoms with van der Waals surface area (Å²) in [6, 6.07) is 21.5. The summed E-state index contributed by atoms with van der Waals surface area (Å²) < 4.78 is 0. The smallest absolute Gasteiger partial charge is 0.303 e. The van der Waals surface area contributed by atoms with E-state index in [9.17, 15) is 4.79 Å². The number of hydrogen-bond acceptors (Lipinski definition) is 2. The molecule has 3 heteroatoms. The fraction of sp³-hybridized carbons (Fsp3) is 0.409. The summed E-state index contributed by atoms with van der Waals surface area (Å²) in [5.41, 5.74) is 2.74. The number of aliphatic carboxylic acids is 1. The van der Waals surface area contributed by atoms with Crippen molar-refractivity contribution in [2.45, 2.75) is 31.6 Å². The monoisotopic (exact) mass is 337 g/mol. The summed E-state index contributed by atoms with van der Waals surface area (Å²) in [5, 5.41) is 8.95. The minimum absolute atomic E-state index is 0.324. The predicted octanol–water partition coefficient (Wildman–Crippen LogP) is 4.40. The topological polar surface area (TPSA) is 40.5 Å². The largest absolute Gasteiger partial charge is 0.481 e. The molecule has 0 saturated carbocycles. The van der Waals surface area contributed by atoms with Crippen molar-refractivity contribution in [2.24, 2.45) is 5.92 Å². The number of benzene rings is 2. The van der Waals surface area contributed by atoms with Gasteiger partial charge >= 0.3 is 5.97 Å². The van der Waals surface area contributed by atoms with Crippen LogP contribution < -0.4 is 0 Å². The van der Waals surface area contributed by atoms with Gasteiger partial charge in [-0.3, -0.25) is 4.79 Å². The molecule has 2 aromatic carbocycles. The van der Waals surface area contributed by atoms with E-state index < -0.39 is 5.97 Å². The fourth-order valence-corrected chi connectivity index (χ4v) is 3.87. The van der Waals surface area contributed by atoms with E-state index in [0.717, 1.165) is 38.9 Å². The zero-order valence-electron chi connectivity index (χ0n) is 14.7. The third-order valence-electron chi connectivity index (χ3n) is 5.31. The molecule has 25 heavy (non-hydrogen) atoms. The highest BCUT2D eigenvalue weighted by atomic mass is 16.4. The lowest BCUT2D eigenvalue weighted by molar-refractivity contribution is -0.138. The van der Waals surface area contributed by atoms with Gasteiger partial charge in [0.15, 0.2) is 0 Å². The lowest BCUT2D eigenvalue weighted by atomic mass is 9.88. The van der Waals surface area contributed by atoms with Crippen molar-refractivity contribution in [2.75, 3.05) is 19.6 Å². The minimum Gasteiger partial charge on any atom is -0.481 e. The Morgan fingerprint density at radius 1 is 0.960 bits per heavy atom. The van der Waals surface area contributed by atoms with Crippen LogP contribution >= 0.6 is 0 Å². The van der Waals surface area contributed by atoms with Crippen molar-refractivity contribution < 1.29 is 9.90 Å². The molecule has 0 aliphatic carbocycles. The number of hydrogen-bond donors (Lipinski definition) is 1. The van der Waals surface area contributed by atoms with E-state index in [0.29, 0.717) is 18.3 Å². The fourth-order valence-electron chi connectivity index (χ4n) is 3.87. The van der Waals surface area contributed by atoms with Crippen LogP contribution in [0.15, 0.2) is 60.7 Å². The van der Waals surface area contributed by atoms with Crippen LogP contribution in [0.5, 0.6) is 0 Å². The second kappa shape index (κ2) is 8.82. The summed E-state index contributed by atoms with van der Waals surface area (Å²) in [6.45, 7) is 3.11. The second-order valence-electron chi connectivity index (χ2n) is 7.05. The van der Waals surface area contributed by atoms with Gasteiger partial charge in [0.25, 0.3) is 0 Å². The van der Waals surface area contributed by atoms with Crippen LogP contribution in [-0.2, 0) is 4.79 Å². The third kappa shape index (κ3) is 5.17. The second-order valence-corrected chi connectivity index (χ2v) is 7.05. The molecule has 3 rings (SSSR count). The SMILES string of the molecule is O=C(O)CC1CCN(CCC(c2ccccc2)c2ccccc2)CC1. The Labute approximate surface area is 150 Å². The molecule has 1 aliphatic rings. The molecule has 3 nitrogen and oxygen atoms in total. The van der Waals surface area contributed by atoms with Gasteiger partial charge in [0, 0.05) is 12.3 Å². The van der Waals surface area contributed by atoms with Gasteiger partial charge in [-0.1, -0.05) is 60.7 Å². The molecule has 1 fully saturated rings. The molecule has 0 aromatic heterocycles. The van der Waals surface area contributed by atoms with E-state index in [2.05, 4.69) is 65.6 Å². The van der Waals surface area contributed by atoms with E-state index in [4.69, 9.17) is 5.11 Å². The average molecular weight is 337 g/mol. The molecule has 0 amide bonds. The Hall–Kier alpha value is -2.13. The van der Waals surface area contributed by atoms with Gasteiger partial charge in [0.1, 0.15) is 0 Å². The van der Waals surface area contributed by atoms with E-state index in [1.807, 2.05) is 0 Å². The molecule has 0 spiro atoms. The predicted molar refractivity (Wildman–Crippen MR) is 101 cm³/mol. The Kier molecular flexibility index (Phi) is 6.24. The highest BCUT2D eigenvalue weighted by molar-refractivity contribution is 5.67. The number of rotatable bonds is 7. The number of nitrogens with zero attached hydrogens (tertiary/aromatic N) is 1. The number of carbonyl (C=O) groups is 1. The summed E-state index contributed by atoms with van der Waals surface area (Å²) >= 11 is 0. The van der Waals surface area contributed by atoms with Crippen molar-refractivity contribution in [1.82, 2.24) is 4.90 Å². The first kappa shape index (κ1) is 17.7. The molecule has 0 radical (unpaired) electrons. The van der Waals surface area contributed by atoms with Crippen LogP contribution in [0.25, 0.3) is 0 Å².